The summed E-state index contributed by atoms with van der Waals surface area (Å²) in [6, 6.07) is 0. The number of fused-ring (bicyclic) bond motifs is 1. The van der Waals surface area contributed by atoms with Crippen molar-refractivity contribution in [1.82, 2.24) is 19.5 Å². The molecule has 4 atom stereocenters. The van der Waals surface area contributed by atoms with Crippen LogP contribution in [-0.4, -0.2) is 54.6 Å². The van der Waals surface area contributed by atoms with Crippen molar-refractivity contribution in [3.63, 3.8) is 0 Å². The van der Waals surface area contributed by atoms with Gasteiger partial charge in [0.25, 0.3) is 0 Å². The number of aliphatic hydroxyl groups is 2. The van der Waals surface area contributed by atoms with Crippen LogP contribution in [0.15, 0.2) is 12.7 Å². The number of hydrogen-bond acceptors (Lipinski definition) is 7. The topological polar surface area (TPSA) is 105 Å². The number of aliphatic hydroxyl groups excluding tert-OH is 2. The molecule has 3 rings (SSSR count). The number of hydrogen-bond donors (Lipinski definition) is 3. The third-order valence-electron chi connectivity index (χ3n) is 3.73. The van der Waals surface area contributed by atoms with Crippen LogP contribution in [0, 0.1) is 12.3 Å². The lowest BCUT2D eigenvalue weighted by Crippen LogP contribution is -2.31. The highest BCUT2D eigenvalue weighted by molar-refractivity contribution is 5.82. The predicted octanol–water partition coefficient (Wildman–Crippen LogP) is -0.0994. The highest BCUT2D eigenvalue weighted by atomic mass is 16.6. The Balaban J connectivity index is 1.97. The van der Waals surface area contributed by atoms with Crippen LogP contribution in [0.1, 0.15) is 19.6 Å². The monoisotopic (exact) mass is 303 g/mol. The van der Waals surface area contributed by atoms with Crippen LogP contribution >= 0.6 is 0 Å². The van der Waals surface area contributed by atoms with Crippen molar-refractivity contribution >= 4 is 17.0 Å². The van der Waals surface area contributed by atoms with Gasteiger partial charge in [-0.25, -0.2) is 15.0 Å². The van der Waals surface area contributed by atoms with Gasteiger partial charge in [0.15, 0.2) is 23.2 Å². The summed E-state index contributed by atoms with van der Waals surface area (Å²) in [6.07, 6.45) is 5.59. The van der Waals surface area contributed by atoms with Gasteiger partial charge in [-0.1, -0.05) is 12.8 Å². The summed E-state index contributed by atoms with van der Waals surface area (Å²) >= 11 is 0. The van der Waals surface area contributed by atoms with Crippen molar-refractivity contribution in [1.29, 1.82) is 0 Å². The molecule has 0 aromatic carbocycles. The van der Waals surface area contributed by atoms with Crippen molar-refractivity contribution in [2.75, 3.05) is 11.9 Å². The van der Waals surface area contributed by atoms with Crippen LogP contribution in [0.4, 0.5) is 5.82 Å². The largest absolute Gasteiger partial charge is 0.388 e. The Hall–Kier alpha value is -2.21. The molecule has 116 valence electrons. The van der Waals surface area contributed by atoms with Gasteiger partial charge in [0.2, 0.25) is 0 Å². The fourth-order valence-electron chi connectivity index (χ4n) is 2.60. The number of aromatic nitrogens is 4. The first-order chi connectivity index (χ1) is 10.7. The number of rotatable bonds is 4. The van der Waals surface area contributed by atoms with E-state index in [4.69, 9.17) is 11.2 Å². The Morgan fingerprint density at radius 3 is 2.86 bits per heavy atom. The molecular formula is C14H17N5O3. The fraction of sp³-hybridized carbons (Fsp3) is 0.500. The molecule has 0 spiro atoms. The summed E-state index contributed by atoms with van der Waals surface area (Å²) in [5.74, 6) is 2.98. The van der Waals surface area contributed by atoms with Crippen molar-refractivity contribution in [3.05, 3.63) is 12.7 Å². The Kier molecular flexibility index (Phi) is 3.94. The summed E-state index contributed by atoms with van der Waals surface area (Å²) in [6.45, 7) is 2.21. The Bertz CT molecular complexity index is 710. The van der Waals surface area contributed by atoms with Crippen molar-refractivity contribution in [2.24, 2.45) is 0 Å². The van der Waals surface area contributed by atoms with Gasteiger partial charge in [-0.3, -0.25) is 4.57 Å². The lowest BCUT2D eigenvalue weighted by atomic mass is 10.1. The highest BCUT2D eigenvalue weighted by Gasteiger charge is 2.43. The van der Waals surface area contributed by atoms with Gasteiger partial charge in [0.05, 0.1) is 19.0 Å². The zero-order chi connectivity index (χ0) is 15.7. The standard InChI is InChI=1S/C14H17N5O3/c1-3-5-15-12-9-13(17-6-16-12)19(7-18-9)14-11(21)10(20)8(4-2)22-14/h1,6-8,10-11,14,20-21H,4-5H2,2H3,(H,15,16,17)/t8-,10?,11?,14-/m1/s1. The van der Waals surface area contributed by atoms with E-state index in [0.29, 0.717) is 29.9 Å². The van der Waals surface area contributed by atoms with E-state index in [9.17, 15) is 10.2 Å². The Morgan fingerprint density at radius 1 is 1.36 bits per heavy atom. The zero-order valence-electron chi connectivity index (χ0n) is 12.0. The van der Waals surface area contributed by atoms with E-state index in [1.165, 1.54) is 12.7 Å². The van der Waals surface area contributed by atoms with Crippen molar-refractivity contribution in [2.45, 2.75) is 37.9 Å². The molecule has 1 saturated heterocycles. The lowest BCUT2D eigenvalue weighted by molar-refractivity contribution is -0.0355. The number of anilines is 1. The number of nitrogens with one attached hydrogen (secondary N) is 1. The molecule has 22 heavy (non-hydrogen) atoms. The average molecular weight is 303 g/mol. The lowest BCUT2D eigenvalue weighted by Gasteiger charge is -2.16. The van der Waals surface area contributed by atoms with Crippen LogP contribution in [0.3, 0.4) is 0 Å². The van der Waals surface area contributed by atoms with Crippen LogP contribution in [-0.2, 0) is 4.74 Å². The van der Waals surface area contributed by atoms with Gasteiger partial charge in [-0.2, -0.15) is 0 Å². The molecule has 2 aromatic rings. The molecule has 1 fully saturated rings. The third-order valence-corrected chi connectivity index (χ3v) is 3.73. The van der Waals surface area contributed by atoms with Gasteiger partial charge >= 0.3 is 0 Å². The van der Waals surface area contributed by atoms with Crippen molar-refractivity contribution in [3.8, 4) is 12.3 Å². The molecule has 1 aliphatic rings. The molecular weight excluding hydrogens is 286 g/mol. The number of ether oxygens (including phenoxy) is 1. The molecule has 2 unspecified atom stereocenters. The maximum atomic E-state index is 10.2. The van der Waals surface area contributed by atoms with E-state index < -0.39 is 24.5 Å². The quantitative estimate of drug-likeness (QED) is 0.677. The Labute approximate surface area is 127 Å². The van der Waals surface area contributed by atoms with Crippen molar-refractivity contribution < 1.29 is 14.9 Å². The minimum absolute atomic E-state index is 0.318. The number of terminal acetylenes is 1. The average Bonchev–Trinajstić information content (AvgIpc) is 3.08. The minimum atomic E-state index is -1.04. The minimum Gasteiger partial charge on any atom is -0.388 e. The molecule has 1 aliphatic heterocycles. The summed E-state index contributed by atoms with van der Waals surface area (Å²) in [7, 11) is 0. The molecule has 0 amide bonds. The second-order valence-corrected chi connectivity index (χ2v) is 5.06. The first kappa shape index (κ1) is 14.7. The Morgan fingerprint density at radius 2 is 2.18 bits per heavy atom. The fourth-order valence-corrected chi connectivity index (χ4v) is 2.60. The SMILES string of the molecule is C#CCNc1ncnc2c1ncn2[C@@H]1O[C@H](CC)C(O)C1O. The molecule has 0 saturated carbocycles. The third kappa shape index (κ3) is 2.29. The molecule has 0 radical (unpaired) electrons. The van der Waals surface area contributed by atoms with Crippen LogP contribution in [0.5, 0.6) is 0 Å². The predicted molar refractivity (Wildman–Crippen MR) is 78.9 cm³/mol. The van der Waals surface area contributed by atoms with E-state index in [1.54, 1.807) is 4.57 Å². The summed E-state index contributed by atoms with van der Waals surface area (Å²) < 4.78 is 7.32. The molecule has 0 aliphatic carbocycles. The van der Waals surface area contributed by atoms with E-state index in [-0.39, 0.29) is 0 Å². The molecule has 8 nitrogen and oxygen atoms in total. The second kappa shape index (κ2) is 5.88. The number of imidazole rings is 1. The van der Waals surface area contributed by atoms with Gasteiger partial charge in [-0.15, -0.1) is 6.42 Å². The van der Waals surface area contributed by atoms with Gasteiger partial charge in [0.1, 0.15) is 18.5 Å². The molecule has 0 bridgehead atoms. The van der Waals surface area contributed by atoms with Crippen LogP contribution < -0.4 is 5.32 Å². The molecule has 3 heterocycles. The second-order valence-electron chi connectivity index (χ2n) is 5.06. The van der Waals surface area contributed by atoms with E-state index >= 15 is 0 Å². The maximum absolute atomic E-state index is 10.2. The van der Waals surface area contributed by atoms with E-state index in [0.717, 1.165) is 0 Å². The molecule has 8 heteroatoms. The van der Waals surface area contributed by atoms with E-state index in [2.05, 4.69) is 26.2 Å². The number of nitrogens with zero attached hydrogens (tertiary/aromatic N) is 4. The smallest absolute Gasteiger partial charge is 0.167 e. The van der Waals surface area contributed by atoms with Gasteiger partial charge < -0.3 is 20.3 Å². The first-order valence-electron chi connectivity index (χ1n) is 7.03. The highest BCUT2D eigenvalue weighted by Crippen LogP contribution is 2.33. The molecule has 2 aromatic heterocycles. The summed E-state index contributed by atoms with van der Waals surface area (Å²) in [5, 5.41) is 23.2. The van der Waals surface area contributed by atoms with Crippen LogP contribution in [0.2, 0.25) is 0 Å². The normalized spacial score (nSPS) is 27.9. The van der Waals surface area contributed by atoms with Crippen LogP contribution in [0.25, 0.3) is 11.2 Å². The van der Waals surface area contributed by atoms with Gasteiger partial charge in [0, 0.05) is 0 Å². The van der Waals surface area contributed by atoms with Gasteiger partial charge in [-0.05, 0) is 6.42 Å². The zero-order valence-corrected chi connectivity index (χ0v) is 12.0. The molecule has 3 N–H and O–H groups in total. The first-order valence-corrected chi connectivity index (χ1v) is 7.03. The van der Waals surface area contributed by atoms with E-state index in [1.807, 2.05) is 6.92 Å². The summed E-state index contributed by atoms with van der Waals surface area (Å²) in [4.78, 5) is 12.6. The maximum Gasteiger partial charge on any atom is 0.167 e. The summed E-state index contributed by atoms with van der Waals surface area (Å²) in [5.41, 5.74) is 1.03.